The zero-order chi connectivity index (χ0) is 23.9. The molecular formula is C31H53BSn. The Kier molecular flexibility index (Phi) is 10.6. The Bertz CT molecular complexity index is 713. The van der Waals surface area contributed by atoms with Crippen LogP contribution in [0.4, 0.5) is 0 Å². The summed E-state index contributed by atoms with van der Waals surface area (Å²) in [5.74, 6) is 1.81. The fourth-order valence-corrected chi connectivity index (χ4v) is 11.3. The summed E-state index contributed by atoms with van der Waals surface area (Å²) in [6, 6.07) is 0. The summed E-state index contributed by atoms with van der Waals surface area (Å²) in [6.07, 6.45) is 29.1. The molecule has 0 aromatic heterocycles. The molecule has 0 N–H and O–H groups in total. The minimum atomic E-state index is -2.38. The molecule has 0 amide bonds. The van der Waals surface area contributed by atoms with Crippen molar-refractivity contribution in [3.05, 3.63) is 38.6 Å². The molecule has 0 bridgehead atoms. The van der Waals surface area contributed by atoms with Crippen LogP contribution in [-0.2, 0) is 0 Å². The van der Waals surface area contributed by atoms with Gasteiger partial charge < -0.3 is 0 Å². The molecule has 0 aromatic rings. The van der Waals surface area contributed by atoms with Crippen molar-refractivity contribution in [2.45, 2.75) is 144 Å². The molecule has 0 unspecified atom stereocenters. The molecular weight excluding hydrogens is 502 g/mol. The third-order valence-corrected chi connectivity index (χ3v) is 14.3. The Balaban J connectivity index is 2.15. The first-order chi connectivity index (χ1) is 15.6. The van der Waals surface area contributed by atoms with E-state index in [4.69, 9.17) is 0 Å². The maximum absolute atomic E-state index is 3.92. The molecule has 0 nitrogen and oxygen atoms in total. The van der Waals surface area contributed by atoms with Gasteiger partial charge in [0, 0.05) is 0 Å². The van der Waals surface area contributed by atoms with Crippen molar-refractivity contribution in [1.29, 1.82) is 0 Å². The van der Waals surface area contributed by atoms with E-state index in [0.29, 0.717) is 0 Å². The van der Waals surface area contributed by atoms with Crippen molar-refractivity contribution in [1.82, 2.24) is 0 Å². The maximum atomic E-state index is 3.92. The van der Waals surface area contributed by atoms with Crippen molar-refractivity contribution < 1.29 is 0 Å². The molecule has 0 atom stereocenters. The fourth-order valence-electron chi connectivity index (χ4n) is 6.63. The van der Waals surface area contributed by atoms with Crippen molar-refractivity contribution in [2.75, 3.05) is 0 Å². The second-order valence-electron chi connectivity index (χ2n) is 13.6. The van der Waals surface area contributed by atoms with E-state index < -0.39 is 18.4 Å². The van der Waals surface area contributed by atoms with Crippen LogP contribution in [0.25, 0.3) is 0 Å². The Labute approximate surface area is 211 Å². The van der Waals surface area contributed by atoms with Crippen LogP contribution in [0.15, 0.2) is 38.6 Å². The summed E-state index contributed by atoms with van der Waals surface area (Å²) in [7, 11) is 0. The van der Waals surface area contributed by atoms with Gasteiger partial charge in [0.15, 0.2) is 0 Å². The third-order valence-electron chi connectivity index (χ3n) is 8.43. The van der Waals surface area contributed by atoms with Gasteiger partial charge >= 0.3 is 213 Å². The van der Waals surface area contributed by atoms with Crippen LogP contribution in [-0.4, -0.2) is 25.1 Å². The Morgan fingerprint density at radius 1 is 0.788 bits per heavy atom. The van der Waals surface area contributed by atoms with E-state index in [9.17, 15) is 0 Å². The summed E-state index contributed by atoms with van der Waals surface area (Å²) >= 11 is -2.38. The van der Waals surface area contributed by atoms with Crippen LogP contribution >= 0.6 is 0 Å². The molecule has 3 fully saturated rings. The van der Waals surface area contributed by atoms with Gasteiger partial charge in [-0.3, -0.25) is 0 Å². The van der Waals surface area contributed by atoms with Crippen LogP contribution in [0.2, 0.25) is 26.5 Å². The predicted molar refractivity (Wildman–Crippen MR) is 153 cm³/mol. The van der Waals surface area contributed by atoms with Crippen molar-refractivity contribution in [2.24, 2.45) is 5.41 Å². The van der Waals surface area contributed by atoms with Gasteiger partial charge in [-0.2, -0.15) is 0 Å². The summed E-state index contributed by atoms with van der Waals surface area (Å²) in [5.41, 5.74) is 7.53. The first-order valence-electron chi connectivity index (χ1n) is 14.5. The normalized spacial score (nSPS) is 22.8. The molecule has 3 aliphatic rings. The van der Waals surface area contributed by atoms with Gasteiger partial charge in [0.1, 0.15) is 0 Å². The predicted octanol–water partition coefficient (Wildman–Crippen LogP) is 10.5. The molecule has 3 rings (SSSR count). The zero-order valence-corrected chi connectivity index (χ0v) is 25.9. The fraction of sp³-hybridized carbons (Fsp3) is 0.774. The topological polar surface area (TPSA) is 0 Å². The van der Waals surface area contributed by atoms with E-state index >= 15 is 0 Å². The van der Waals surface area contributed by atoms with E-state index in [1.807, 2.05) is 0 Å². The molecule has 3 saturated carbocycles. The second-order valence-corrected chi connectivity index (χ2v) is 28.0. The van der Waals surface area contributed by atoms with Gasteiger partial charge in [-0.1, -0.05) is 0 Å². The summed E-state index contributed by atoms with van der Waals surface area (Å²) in [6.45, 7) is 7.90. The number of allylic oxidation sites excluding steroid dienone is 5. The summed E-state index contributed by atoms with van der Waals surface area (Å²) < 4.78 is 1.78. The molecule has 0 aliphatic heterocycles. The molecule has 0 heterocycles. The first kappa shape index (κ1) is 27.5. The summed E-state index contributed by atoms with van der Waals surface area (Å²) in [5, 5.41) is 0. The molecule has 33 heavy (non-hydrogen) atoms. The monoisotopic (exact) mass is 556 g/mol. The van der Waals surface area contributed by atoms with E-state index in [-0.39, 0.29) is 5.41 Å². The first-order valence-corrected chi connectivity index (χ1v) is 24.5. The van der Waals surface area contributed by atoms with Gasteiger partial charge in [-0.15, -0.1) is 0 Å². The molecule has 0 radical (unpaired) electrons. The van der Waals surface area contributed by atoms with Crippen LogP contribution < -0.4 is 0 Å². The number of hydrogen-bond donors (Lipinski definition) is 0. The number of rotatable bonds is 6. The van der Waals surface area contributed by atoms with Crippen LogP contribution in [0.3, 0.4) is 0 Å². The van der Waals surface area contributed by atoms with Gasteiger partial charge in [0.2, 0.25) is 0 Å². The molecule has 2 heteroatoms. The van der Waals surface area contributed by atoms with Gasteiger partial charge in [0.25, 0.3) is 0 Å². The van der Waals surface area contributed by atoms with Crippen molar-refractivity contribution >= 4 is 25.1 Å². The Morgan fingerprint density at radius 3 is 1.73 bits per heavy atom. The Hall–Kier alpha value is -0.136. The zero-order valence-electron chi connectivity index (χ0n) is 23.1. The van der Waals surface area contributed by atoms with E-state index in [1.165, 1.54) is 96.3 Å². The quantitative estimate of drug-likeness (QED) is 0.174. The molecule has 0 aromatic carbocycles. The molecule has 0 spiro atoms. The van der Waals surface area contributed by atoms with Crippen LogP contribution in [0.5, 0.6) is 0 Å². The molecule has 0 saturated heterocycles. The molecule has 3 aliphatic carbocycles. The van der Waals surface area contributed by atoms with Crippen molar-refractivity contribution in [3.8, 4) is 0 Å². The number of hydrogen-bond acceptors (Lipinski definition) is 0. The van der Waals surface area contributed by atoms with Gasteiger partial charge in [-0.05, 0) is 0 Å². The molecule has 184 valence electrons. The SMILES string of the molecule is CC(C)(C)/C=C/C(B(C1CCCCC1)C1CCCCC1)=[C](\C=C=C1CCCCC1)[Sn]([CH3])([CH3])[CH3]. The minimum absolute atomic E-state index is 0.235. The average Bonchev–Trinajstić information content (AvgIpc) is 2.78. The van der Waals surface area contributed by atoms with Gasteiger partial charge in [-0.25, -0.2) is 0 Å². The van der Waals surface area contributed by atoms with E-state index in [2.05, 4.69) is 59.5 Å². The van der Waals surface area contributed by atoms with Crippen LogP contribution in [0, 0.1) is 5.41 Å². The van der Waals surface area contributed by atoms with E-state index in [1.54, 1.807) is 14.6 Å². The van der Waals surface area contributed by atoms with Crippen molar-refractivity contribution in [3.63, 3.8) is 0 Å². The Morgan fingerprint density at radius 2 is 1.27 bits per heavy atom. The third kappa shape index (κ3) is 8.79. The van der Waals surface area contributed by atoms with Crippen LogP contribution in [0.1, 0.15) is 117 Å². The summed E-state index contributed by atoms with van der Waals surface area (Å²) in [4.78, 5) is 7.95. The second kappa shape index (κ2) is 12.7. The average molecular weight is 555 g/mol. The van der Waals surface area contributed by atoms with E-state index in [0.717, 1.165) is 18.3 Å². The van der Waals surface area contributed by atoms with Gasteiger partial charge in [0.05, 0.1) is 0 Å². The standard InChI is InChI=1S/C28H44B.3CH3.Sn/c1-28(2,3)23-22-27(21-13-16-24-14-7-4-8-15-24)29(25-17-9-5-10-18-25)26-19-11-6-12-20-26;;;;/h13,22-23,25-26H,4-12,14-15,17-20H2,1-3H3;3*1H3;/b23-22+,27-21?;;;;.